The first kappa shape index (κ1) is 25.9. The van der Waals surface area contributed by atoms with Gasteiger partial charge < -0.3 is 14.6 Å². The Morgan fingerprint density at radius 3 is 1.89 bits per heavy atom. The number of aliphatic hydroxyl groups excluding tert-OH is 1. The van der Waals surface area contributed by atoms with Crippen molar-refractivity contribution in [2.75, 3.05) is 6.61 Å². The van der Waals surface area contributed by atoms with E-state index in [1.54, 1.807) is 20.8 Å². The van der Waals surface area contributed by atoms with E-state index in [-0.39, 0.29) is 25.2 Å². The number of esters is 2. The van der Waals surface area contributed by atoms with Gasteiger partial charge in [-0.3, -0.25) is 9.59 Å². The SMILES string of the molecule is CCCCCCCCCCCCOC(=O)CC[C@H](O)CC(=O)OC(C)(C)C. The molecule has 0 radical (unpaired) electrons. The van der Waals surface area contributed by atoms with Crippen LogP contribution in [0.4, 0.5) is 0 Å². The summed E-state index contributed by atoms with van der Waals surface area (Å²) in [7, 11) is 0. The third kappa shape index (κ3) is 19.5. The predicted molar refractivity (Wildman–Crippen MR) is 109 cm³/mol. The molecule has 5 heteroatoms. The van der Waals surface area contributed by atoms with Crippen molar-refractivity contribution in [3.63, 3.8) is 0 Å². The van der Waals surface area contributed by atoms with Crippen molar-refractivity contribution in [2.24, 2.45) is 0 Å². The average Bonchev–Trinajstić information content (AvgIpc) is 2.56. The van der Waals surface area contributed by atoms with Crippen LogP contribution in [-0.4, -0.2) is 35.4 Å². The fourth-order valence-corrected chi connectivity index (χ4v) is 2.81. The van der Waals surface area contributed by atoms with Crippen LogP contribution in [0, 0.1) is 0 Å². The summed E-state index contributed by atoms with van der Waals surface area (Å²) in [5.41, 5.74) is -0.565. The molecule has 0 saturated carbocycles. The second-order valence-electron chi connectivity index (χ2n) is 8.39. The monoisotopic (exact) mass is 386 g/mol. The van der Waals surface area contributed by atoms with Crippen LogP contribution < -0.4 is 0 Å². The van der Waals surface area contributed by atoms with Crippen LogP contribution in [0.1, 0.15) is 111 Å². The molecule has 0 spiro atoms. The van der Waals surface area contributed by atoms with E-state index in [1.807, 2.05) is 0 Å². The Kier molecular flexibility index (Phi) is 15.3. The summed E-state index contributed by atoms with van der Waals surface area (Å²) in [5, 5.41) is 9.82. The molecular formula is C22H42O5. The van der Waals surface area contributed by atoms with Crippen molar-refractivity contribution in [3.05, 3.63) is 0 Å². The van der Waals surface area contributed by atoms with Gasteiger partial charge in [0.05, 0.1) is 19.1 Å². The maximum atomic E-state index is 11.7. The molecule has 0 aliphatic carbocycles. The number of hydrogen-bond donors (Lipinski definition) is 1. The van der Waals surface area contributed by atoms with Crippen molar-refractivity contribution in [2.45, 2.75) is 123 Å². The minimum Gasteiger partial charge on any atom is -0.466 e. The smallest absolute Gasteiger partial charge is 0.308 e. The van der Waals surface area contributed by atoms with Crippen LogP contribution in [0.5, 0.6) is 0 Å². The Hall–Kier alpha value is -1.10. The highest BCUT2D eigenvalue weighted by molar-refractivity contribution is 5.71. The van der Waals surface area contributed by atoms with Gasteiger partial charge in [-0.1, -0.05) is 64.7 Å². The number of aliphatic hydroxyl groups is 1. The number of ether oxygens (including phenoxy) is 2. The van der Waals surface area contributed by atoms with Crippen molar-refractivity contribution < 1.29 is 24.2 Å². The van der Waals surface area contributed by atoms with E-state index in [1.165, 1.54) is 51.4 Å². The van der Waals surface area contributed by atoms with Gasteiger partial charge in [-0.2, -0.15) is 0 Å². The first-order chi connectivity index (χ1) is 12.7. The molecule has 27 heavy (non-hydrogen) atoms. The van der Waals surface area contributed by atoms with Crippen molar-refractivity contribution in [1.29, 1.82) is 0 Å². The molecule has 0 heterocycles. The maximum Gasteiger partial charge on any atom is 0.308 e. The van der Waals surface area contributed by atoms with Gasteiger partial charge in [-0.25, -0.2) is 0 Å². The minimum absolute atomic E-state index is 0.0943. The Morgan fingerprint density at radius 2 is 1.37 bits per heavy atom. The summed E-state index contributed by atoms with van der Waals surface area (Å²) in [6, 6.07) is 0. The molecule has 0 fully saturated rings. The van der Waals surface area contributed by atoms with E-state index in [4.69, 9.17) is 9.47 Å². The first-order valence-electron chi connectivity index (χ1n) is 10.8. The molecule has 0 aliphatic heterocycles. The van der Waals surface area contributed by atoms with Gasteiger partial charge in [0.25, 0.3) is 0 Å². The molecular weight excluding hydrogens is 344 g/mol. The molecule has 5 nitrogen and oxygen atoms in total. The summed E-state index contributed by atoms with van der Waals surface area (Å²) >= 11 is 0. The molecule has 0 aliphatic rings. The Balaban J connectivity index is 3.50. The van der Waals surface area contributed by atoms with E-state index in [0.717, 1.165) is 12.8 Å². The number of rotatable bonds is 16. The quantitative estimate of drug-likeness (QED) is 0.287. The fourth-order valence-electron chi connectivity index (χ4n) is 2.81. The van der Waals surface area contributed by atoms with Crippen LogP contribution in [-0.2, 0) is 19.1 Å². The lowest BCUT2D eigenvalue weighted by molar-refractivity contribution is -0.157. The molecule has 160 valence electrons. The Morgan fingerprint density at radius 1 is 0.852 bits per heavy atom. The molecule has 0 aromatic carbocycles. The van der Waals surface area contributed by atoms with Gasteiger partial charge in [-0.05, 0) is 33.6 Å². The second kappa shape index (κ2) is 15.9. The number of hydrogen-bond acceptors (Lipinski definition) is 5. The lowest BCUT2D eigenvalue weighted by atomic mass is 10.1. The van der Waals surface area contributed by atoms with Crippen LogP contribution in [0.25, 0.3) is 0 Å². The summed E-state index contributed by atoms with van der Waals surface area (Å²) in [4.78, 5) is 23.3. The van der Waals surface area contributed by atoms with Crippen molar-refractivity contribution in [3.8, 4) is 0 Å². The van der Waals surface area contributed by atoms with Crippen LogP contribution in [0.15, 0.2) is 0 Å². The normalized spacial score (nSPS) is 12.6. The van der Waals surface area contributed by atoms with E-state index in [2.05, 4.69) is 6.92 Å². The number of unbranched alkanes of at least 4 members (excludes halogenated alkanes) is 9. The van der Waals surface area contributed by atoms with Gasteiger partial charge in [0.1, 0.15) is 5.60 Å². The van der Waals surface area contributed by atoms with Gasteiger partial charge in [0, 0.05) is 6.42 Å². The highest BCUT2D eigenvalue weighted by Gasteiger charge is 2.19. The first-order valence-corrected chi connectivity index (χ1v) is 10.8. The molecule has 0 aromatic heterocycles. The zero-order valence-electron chi connectivity index (χ0n) is 18.1. The van der Waals surface area contributed by atoms with Crippen molar-refractivity contribution >= 4 is 11.9 Å². The second-order valence-corrected chi connectivity index (χ2v) is 8.39. The molecule has 1 atom stereocenters. The third-order valence-electron chi connectivity index (χ3n) is 4.26. The summed E-state index contributed by atoms with van der Waals surface area (Å²) in [5.74, 6) is -0.761. The molecule has 0 amide bonds. The maximum absolute atomic E-state index is 11.7. The summed E-state index contributed by atoms with van der Waals surface area (Å²) in [6.45, 7) is 8.02. The molecule has 0 unspecified atom stereocenters. The van der Waals surface area contributed by atoms with E-state index in [9.17, 15) is 14.7 Å². The summed E-state index contributed by atoms with van der Waals surface area (Å²) in [6.07, 6.45) is 11.8. The van der Waals surface area contributed by atoms with Crippen LogP contribution >= 0.6 is 0 Å². The van der Waals surface area contributed by atoms with Gasteiger partial charge in [0.2, 0.25) is 0 Å². The predicted octanol–water partition coefficient (Wildman–Crippen LogP) is 5.32. The highest BCUT2D eigenvalue weighted by atomic mass is 16.6. The third-order valence-corrected chi connectivity index (χ3v) is 4.26. The fraction of sp³-hybridized carbons (Fsp3) is 0.909. The summed E-state index contributed by atoms with van der Waals surface area (Å²) < 4.78 is 10.3. The molecule has 0 aromatic rings. The van der Waals surface area contributed by atoms with Crippen LogP contribution in [0.3, 0.4) is 0 Å². The Labute approximate surface area is 166 Å². The van der Waals surface area contributed by atoms with E-state index >= 15 is 0 Å². The molecule has 0 saturated heterocycles. The molecule has 1 N–H and O–H groups in total. The van der Waals surface area contributed by atoms with Gasteiger partial charge >= 0.3 is 11.9 Å². The van der Waals surface area contributed by atoms with Crippen molar-refractivity contribution in [1.82, 2.24) is 0 Å². The standard InChI is InChI=1S/C22H42O5/c1-5-6-7-8-9-10-11-12-13-14-17-26-20(24)16-15-19(23)18-21(25)27-22(2,3)4/h19,23H,5-18H2,1-4H3/t19-/m0/s1. The lowest BCUT2D eigenvalue weighted by Crippen LogP contribution is -2.26. The number of carbonyl (C=O) groups excluding carboxylic acids is 2. The largest absolute Gasteiger partial charge is 0.466 e. The Bertz CT molecular complexity index is 387. The molecule has 0 rings (SSSR count). The van der Waals surface area contributed by atoms with E-state index < -0.39 is 17.7 Å². The molecule has 0 bridgehead atoms. The average molecular weight is 387 g/mol. The number of carbonyl (C=O) groups is 2. The highest BCUT2D eigenvalue weighted by Crippen LogP contribution is 2.12. The zero-order valence-corrected chi connectivity index (χ0v) is 18.1. The lowest BCUT2D eigenvalue weighted by Gasteiger charge is -2.20. The van der Waals surface area contributed by atoms with E-state index in [0.29, 0.717) is 6.61 Å². The zero-order chi connectivity index (χ0) is 20.5. The topological polar surface area (TPSA) is 72.8 Å². The van der Waals surface area contributed by atoms with Gasteiger partial charge in [0.15, 0.2) is 0 Å². The minimum atomic E-state index is -0.871. The van der Waals surface area contributed by atoms with Crippen LogP contribution in [0.2, 0.25) is 0 Å². The van der Waals surface area contributed by atoms with Gasteiger partial charge in [-0.15, -0.1) is 0 Å².